The van der Waals surface area contributed by atoms with E-state index in [-0.39, 0.29) is 10.0 Å². The van der Waals surface area contributed by atoms with E-state index < -0.39 is 9.83 Å². The van der Waals surface area contributed by atoms with Crippen molar-refractivity contribution in [2.45, 2.75) is 30.8 Å². The molecule has 0 amide bonds. The van der Waals surface area contributed by atoms with Gasteiger partial charge in [0.05, 0.1) is 4.58 Å². The highest BCUT2D eigenvalue weighted by Crippen LogP contribution is 2.47. The second-order valence-corrected chi connectivity index (χ2v) is 8.06. The molecule has 1 aliphatic rings. The highest BCUT2D eigenvalue weighted by Gasteiger charge is 2.38. The van der Waals surface area contributed by atoms with E-state index in [9.17, 15) is 9.32 Å². The maximum absolute atomic E-state index is 11.5. The molecular weight excluding hydrogens is 236 g/mol. The van der Waals surface area contributed by atoms with Crippen molar-refractivity contribution in [1.82, 2.24) is 0 Å². The summed E-state index contributed by atoms with van der Waals surface area (Å²) in [6, 6.07) is 0. The van der Waals surface area contributed by atoms with Crippen LogP contribution in [0.2, 0.25) is 0 Å². The number of hydrogen-bond acceptors (Lipinski definition) is 4. The van der Waals surface area contributed by atoms with E-state index in [4.69, 9.17) is 0 Å². The molecule has 1 unspecified atom stereocenters. The molecule has 2 nitrogen and oxygen atoms in total. The number of hydrogen-bond donors (Lipinski definition) is 1. The third-order valence-corrected chi connectivity index (χ3v) is 7.64. The fourth-order valence-corrected chi connectivity index (χ4v) is 6.64. The Balaban J connectivity index is 2.51. The summed E-state index contributed by atoms with van der Waals surface area (Å²) in [6.07, 6.45) is 1.80. The molecule has 5 heteroatoms. The number of aliphatic hydroxyl groups is 1. The van der Waals surface area contributed by atoms with Gasteiger partial charge in [-0.3, -0.25) is 0 Å². The van der Waals surface area contributed by atoms with E-state index in [0.29, 0.717) is 11.8 Å². The molecule has 0 spiro atoms. The first-order valence-electron chi connectivity index (χ1n) is 4.60. The van der Waals surface area contributed by atoms with E-state index in [1.807, 2.05) is 13.8 Å². The molecule has 82 valence electrons. The molecule has 14 heavy (non-hydrogen) atoms. The summed E-state index contributed by atoms with van der Waals surface area (Å²) < 4.78 is 11.7. The summed E-state index contributed by atoms with van der Waals surface area (Å²) in [7, 11) is 0.479. The van der Waals surface area contributed by atoms with Gasteiger partial charge in [-0.2, -0.15) is 0 Å². The molecule has 0 aromatic carbocycles. The molecule has 1 fully saturated rings. The molecule has 0 aromatic heterocycles. The zero-order valence-corrected chi connectivity index (χ0v) is 11.0. The predicted octanol–water partition coefficient (Wildman–Crippen LogP) is 2.58. The minimum absolute atomic E-state index is 0.247. The fourth-order valence-electron chi connectivity index (χ4n) is 1.24. The smallest absolute Gasteiger partial charge is 0.106 e. The maximum atomic E-state index is 11.5. The Morgan fingerprint density at radius 2 is 2.07 bits per heavy atom. The van der Waals surface area contributed by atoms with Gasteiger partial charge in [0, 0.05) is 5.41 Å². The zero-order valence-electron chi connectivity index (χ0n) is 8.54. The van der Waals surface area contributed by atoms with Crippen LogP contribution in [0.25, 0.3) is 0 Å². The first-order valence-corrected chi connectivity index (χ1v) is 8.15. The third kappa shape index (κ3) is 3.02. The van der Waals surface area contributed by atoms with Gasteiger partial charge in [-0.25, -0.2) is 4.21 Å². The highest BCUT2D eigenvalue weighted by atomic mass is 33.1. The van der Waals surface area contributed by atoms with Crippen LogP contribution < -0.4 is 0 Å². The van der Waals surface area contributed by atoms with Crippen LogP contribution in [0, 0.1) is 11.8 Å². The lowest BCUT2D eigenvalue weighted by molar-refractivity contribution is 0.185. The quantitative estimate of drug-likeness (QED) is 0.783. The van der Waals surface area contributed by atoms with E-state index in [1.165, 1.54) is 22.6 Å². The first-order chi connectivity index (χ1) is 6.56. The second-order valence-electron chi connectivity index (χ2n) is 3.44. The molecule has 0 aromatic rings. The Morgan fingerprint density at radius 1 is 1.43 bits per heavy atom. The average Bonchev–Trinajstić information content (AvgIpc) is 2.34. The van der Waals surface area contributed by atoms with Gasteiger partial charge >= 0.3 is 0 Å². The van der Waals surface area contributed by atoms with Gasteiger partial charge in [-0.05, 0) is 29.6 Å². The van der Waals surface area contributed by atoms with Crippen molar-refractivity contribution in [1.29, 1.82) is 0 Å². The Labute approximate surface area is 95.8 Å². The summed E-state index contributed by atoms with van der Waals surface area (Å²) in [5.41, 5.74) is -0.301. The van der Waals surface area contributed by atoms with Crippen molar-refractivity contribution in [2.24, 2.45) is 11.8 Å². The molecule has 0 bridgehead atoms. The Kier molecular flexibility index (Phi) is 5.03. The Hall–Kier alpha value is 0.550. The number of aliphatic hydroxyl groups excluding tert-OH is 1. The van der Waals surface area contributed by atoms with Gasteiger partial charge in [0.15, 0.2) is 0 Å². The van der Waals surface area contributed by atoms with Gasteiger partial charge < -0.3 is 5.11 Å². The minimum Gasteiger partial charge on any atom is -0.382 e. The lowest BCUT2D eigenvalue weighted by Gasteiger charge is -2.14. The normalized spacial score (nSPS) is 40.6. The molecular formula is C9H16O2S3. The summed E-state index contributed by atoms with van der Waals surface area (Å²) in [5.74, 6) is 0.703. The first kappa shape index (κ1) is 12.6. The molecule has 1 aliphatic heterocycles. The summed E-state index contributed by atoms with van der Waals surface area (Å²) >= 11 is 1.53. The van der Waals surface area contributed by atoms with Crippen LogP contribution in [0.15, 0.2) is 11.5 Å². The van der Waals surface area contributed by atoms with Crippen molar-refractivity contribution < 1.29 is 9.32 Å². The van der Waals surface area contributed by atoms with Gasteiger partial charge in [0.2, 0.25) is 0 Å². The number of thioether (sulfide) groups is 1. The van der Waals surface area contributed by atoms with Gasteiger partial charge in [0.25, 0.3) is 0 Å². The van der Waals surface area contributed by atoms with Crippen LogP contribution in [0.1, 0.15) is 20.8 Å². The summed E-state index contributed by atoms with van der Waals surface area (Å²) in [4.78, 5) is 0. The van der Waals surface area contributed by atoms with Crippen molar-refractivity contribution in [3.05, 3.63) is 11.5 Å². The van der Waals surface area contributed by atoms with Crippen LogP contribution in [-0.4, -0.2) is 19.3 Å². The van der Waals surface area contributed by atoms with Gasteiger partial charge in [-0.15, -0.1) is 11.8 Å². The second kappa shape index (κ2) is 5.58. The van der Waals surface area contributed by atoms with Crippen LogP contribution in [0.5, 0.6) is 0 Å². The van der Waals surface area contributed by atoms with E-state index in [2.05, 4.69) is 6.92 Å². The topological polar surface area (TPSA) is 37.3 Å². The molecule has 1 heterocycles. The molecule has 1 N–H and O–H groups in total. The average molecular weight is 252 g/mol. The van der Waals surface area contributed by atoms with E-state index in [1.54, 1.807) is 11.5 Å². The summed E-state index contributed by atoms with van der Waals surface area (Å²) in [6.45, 7) is 6.01. The Bertz CT molecular complexity index is 242. The Morgan fingerprint density at radius 3 is 2.50 bits per heavy atom. The molecule has 0 aliphatic carbocycles. The van der Waals surface area contributed by atoms with E-state index >= 15 is 0 Å². The number of rotatable bonds is 3. The number of allylic oxidation sites excluding steroid dienone is 1. The van der Waals surface area contributed by atoms with Gasteiger partial charge in [-0.1, -0.05) is 19.9 Å². The third-order valence-electron chi connectivity index (χ3n) is 2.42. The predicted molar refractivity (Wildman–Crippen MR) is 66.3 cm³/mol. The fraction of sp³-hybridized carbons (Fsp3) is 0.778. The molecule has 1 rings (SSSR count). The van der Waals surface area contributed by atoms with Crippen LogP contribution in [0.3, 0.4) is 0 Å². The molecule has 0 radical (unpaired) electrons. The largest absolute Gasteiger partial charge is 0.382 e. The SMILES string of the molecule is C/C=C/S(=O)S[C@@H]1S[C@H](O)[C@H](C)[C@H]1C. The molecule has 5 atom stereocenters. The van der Waals surface area contributed by atoms with E-state index in [0.717, 1.165) is 0 Å². The molecule has 1 saturated heterocycles. The van der Waals surface area contributed by atoms with Crippen molar-refractivity contribution in [3.8, 4) is 0 Å². The van der Waals surface area contributed by atoms with Crippen LogP contribution >= 0.6 is 22.6 Å². The molecule has 0 saturated carbocycles. The zero-order chi connectivity index (χ0) is 10.7. The minimum atomic E-state index is -0.956. The van der Waals surface area contributed by atoms with Crippen LogP contribution in [-0.2, 0) is 9.83 Å². The summed E-state index contributed by atoms with van der Waals surface area (Å²) in [5, 5.41) is 11.3. The lowest BCUT2D eigenvalue weighted by atomic mass is 9.99. The van der Waals surface area contributed by atoms with Crippen LogP contribution in [0.4, 0.5) is 0 Å². The maximum Gasteiger partial charge on any atom is 0.106 e. The monoisotopic (exact) mass is 252 g/mol. The lowest BCUT2D eigenvalue weighted by Crippen LogP contribution is -2.14. The van der Waals surface area contributed by atoms with Crippen molar-refractivity contribution in [2.75, 3.05) is 0 Å². The van der Waals surface area contributed by atoms with Gasteiger partial charge in [0.1, 0.15) is 15.3 Å². The van der Waals surface area contributed by atoms with Crippen molar-refractivity contribution in [3.63, 3.8) is 0 Å². The van der Waals surface area contributed by atoms with Crippen molar-refractivity contribution >= 4 is 32.4 Å². The standard InChI is InChI=1S/C9H16O2S3/c1-4-5-14(11)13-9-7(3)6(2)8(10)12-9/h4-10H,1-3H3/b5-4+/t6-,7-,8+,9+,14?/m1/s1. The highest BCUT2D eigenvalue weighted by molar-refractivity contribution is 8.72.